The van der Waals surface area contributed by atoms with Crippen molar-refractivity contribution in [1.29, 1.82) is 0 Å². The lowest BCUT2D eigenvalue weighted by Crippen LogP contribution is -2.13. The van der Waals surface area contributed by atoms with Crippen LogP contribution in [0.1, 0.15) is 17.2 Å². The Hall–Kier alpha value is -0.910. The van der Waals surface area contributed by atoms with Gasteiger partial charge in [0, 0.05) is 10.0 Å². The third kappa shape index (κ3) is 3.16. The lowest BCUT2D eigenvalue weighted by Gasteiger charge is -2.17. The van der Waals surface area contributed by atoms with Crippen LogP contribution in [-0.4, -0.2) is 7.11 Å². The van der Waals surface area contributed by atoms with E-state index in [0.29, 0.717) is 10.2 Å². The first-order valence-electron chi connectivity index (χ1n) is 5.57. The first kappa shape index (κ1) is 14.5. The summed E-state index contributed by atoms with van der Waals surface area (Å²) in [5.41, 5.74) is 7.89. The number of hydrogen-bond donors (Lipinski definition) is 1. The minimum Gasteiger partial charge on any atom is -0.496 e. The molecule has 0 saturated carbocycles. The highest BCUT2D eigenvalue weighted by atomic mass is 79.9. The van der Waals surface area contributed by atoms with Crippen molar-refractivity contribution in [1.82, 2.24) is 0 Å². The maximum absolute atomic E-state index is 13.2. The second kappa shape index (κ2) is 6.03. The molecule has 0 heterocycles. The Morgan fingerprint density at radius 3 is 2.53 bits per heavy atom. The van der Waals surface area contributed by atoms with E-state index in [0.717, 1.165) is 15.6 Å². The molecule has 19 heavy (non-hydrogen) atoms. The molecule has 0 spiro atoms. The highest BCUT2D eigenvalue weighted by molar-refractivity contribution is 9.10. The molecule has 0 fully saturated rings. The van der Waals surface area contributed by atoms with E-state index in [1.807, 2.05) is 18.2 Å². The first-order chi connectivity index (χ1) is 9.02. The van der Waals surface area contributed by atoms with Crippen molar-refractivity contribution < 1.29 is 9.13 Å². The van der Waals surface area contributed by atoms with Gasteiger partial charge in [0.2, 0.25) is 0 Å². The van der Waals surface area contributed by atoms with E-state index < -0.39 is 0 Å². The molecule has 0 saturated heterocycles. The van der Waals surface area contributed by atoms with Gasteiger partial charge in [-0.2, -0.15) is 0 Å². The van der Waals surface area contributed by atoms with E-state index in [2.05, 4.69) is 31.9 Å². The Morgan fingerprint density at radius 1 is 1.16 bits per heavy atom. The van der Waals surface area contributed by atoms with E-state index in [-0.39, 0.29) is 11.9 Å². The van der Waals surface area contributed by atoms with Crippen molar-refractivity contribution in [2.45, 2.75) is 6.04 Å². The van der Waals surface area contributed by atoms with Crippen LogP contribution >= 0.6 is 31.9 Å². The fraction of sp³-hybridized carbons (Fsp3) is 0.143. The van der Waals surface area contributed by atoms with Crippen molar-refractivity contribution in [2.24, 2.45) is 5.73 Å². The number of hydrogen-bond acceptors (Lipinski definition) is 2. The molecule has 2 aromatic carbocycles. The predicted molar refractivity (Wildman–Crippen MR) is 80.8 cm³/mol. The quantitative estimate of drug-likeness (QED) is 0.845. The van der Waals surface area contributed by atoms with Crippen LogP contribution in [0.15, 0.2) is 45.3 Å². The molecule has 0 amide bonds. The van der Waals surface area contributed by atoms with E-state index >= 15 is 0 Å². The lowest BCUT2D eigenvalue weighted by molar-refractivity contribution is 0.407. The highest BCUT2D eigenvalue weighted by Crippen LogP contribution is 2.32. The monoisotopic (exact) mass is 387 g/mol. The zero-order chi connectivity index (χ0) is 14.0. The van der Waals surface area contributed by atoms with Crippen molar-refractivity contribution in [2.75, 3.05) is 7.11 Å². The molecule has 0 bridgehead atoms. The van der Waals surface area contributed by atoms with Crippen LogP contribution in [0.25, 0.3) is 0 Å². The van der Waals surface area contributed by atoms with Crippen LogP contribution in [0.3, 0.4) is 0 Å². The van der Waals surface area contributed by atoms with Crippen molar-refractivity contribution in [3.8, 4) is 5.75 Å². The standard InChI is InChI=1S/C14H12Br2FNO/c1-19-13-7-9(15)3-4-10(13)14(18)8-2-5-12(17)11(16)6-8/h2-7,14H,18H2,1H3. The van der Waals surface area contributed by atoms with Crippen LogP contribution in [-0.2, 0) is 0 Å². The molecule has 2 rings (SSSR count). The molecule has 1 atom stereocenters. The number of ether oxygens (including phenoxy) is 1. The van der Waals surface area contributed by atoms with Gasteiger partial charge in [0.05, 0.1) is 17.6 Å². The summed E-state index contributed by atoms with van der Waals surface area (Å²) in [7, 11) is 1.60. The molecular weight excluding hydrogens is 377 g/mol. The second-order valence-electron chi connectivity index (χ2n) is 4.04. The molecule has 2 nitrogen and oxygen atoms in total. The summed E-state index contributed by atoms with van der Waals surface area (Å²) in [5, 5.41) is 0. The Balaban J connectivity index is 2.43. The minimum atomic E-state index is -0.375. The molecular formula is C14H12Br2FNO. The average molecular weight is 389 g/mol. The van der Waals surface area contributed by atoms with Gasteiger partial charge in [-0.15, -0.1) is 0 Å². The summed E-state index contributed by atoms with van der Waals surface area (Å²) in [6.07, 6.45) is 0. The summed E-state index contributed by atoms with van der Waals surface area (Å²) in [5.74, 6) is 0.390. The zero-order valence-corrected chi connectivity index (χ0v) is 13.3. The highest BCUT2D eigenvalue weighted by Gasteiger charge is 2.15. The second-order valence-corrected chi connectivity index (χ2v) is 5.81. The van der Waals surface area contributed by atoms with Crippen LogP contribution in [0, 0.1) is 5.82 Å². The summed E-state index contributed by atoms with van der Waals surface area (Å²) in [6, 6.07) is 10.0. The van der Waals surface area contributed by atoms with Crippen molar-refractivity contribution in [3.63, 3.8) is 0 Å². The molecule has 1 unspecified atom stereocenters. The molecule has 0 radical (unpaired) electrons. The van der Waals surface area contributed by atoms with Crippen molar-refractivity contribution >= 4 is 31.9 Å². The minimum absolute atomic E-state index is 0.307. The Kier molecular flexibility index (Phi) is 4.60. The van der Waals surface area contributed by atoms with Gasteiger partial charge in [-0.25, -0.2) is 4.39 Å². The van der Waals surface area contributed by atoms with Crippen LogP contribution in [0.5, 0.6) is 5.75 Å². The van der Waals surface area contributed by atoms with Crippen LogP contribution in [0.2, 0.25) is 0 Å². The number of methoxy groups -OCH3 is 1. The van der Waals surface area contributed by atoms with Gasteiger partial charge in [-0.1, -0.05) is 28.1 Å². The largest absolute Gasteiger partial charge is 0.496 e. The Labute approximate surface area is 128 Å². The zero-order valence-electron chi connectivity index (χ0n) is 10.2. The third-order valence-corrected chi connectivity index (χ3v) is 3.93. The van der Waals surface area contributed by atoms with Gasteiger partial charge in [-0.3, -0.25) is 0 Å². The van der Waals surface area contributed by atoms with Gasteiger partial charge in [0.15, 0.2) is 0 Å². The summed E-state index contributed by atoms with van der Waals surface area (Å²) >= 11 is 6.55. The molecule has 0 aliphatic rings. The number of rotatable bonds is 3. The third-order valence-electron chi connectivity index (χ3n) is 2.83. The number of benzene rings is 2. The van der Waals surface area contributed by atoms with Crippen LogP contribution in [0.4, 0.5) is 4.39 Å². The summed E-state index contributed by atoms with van der Waals surface area (Å²) < 4.78 is 19.9. The fourth-order valence-corrected chi connectivity index (χ4v) is 2.56. The van der Waals surface area contributed by atoms with Gasteiger partial charge in [0.25, 0.3) is 0 Å². The Morgan fingerprint density at radius 2 is 1.89 bits per heavy atom. The molecule has 5 heteroatoms. The van der Waals surface area contributed by atoms with Crippen molar-refractivity contribution in [3.05, 3.63) is 62.3 Å². The molecule has 0 aliphatic carbocycles. The maximum atomic E-state index is 13.2. The molecule has 0 aliphatic heterocycles. The summed E-state index contributed by atoms with van der Waals surface area (Å²) in [6.45, 7) is 0. The van der Waals surface area contributed by atoms with Gasteiger partial charge in [-0.05, 0) is 45.8 Å². The number of nitrogens with two attached hydrogens (primary N) is 1. The topological polar surface area (TPSA) is 35.2 Å². The maximum Gasteiger partial charge on any atom is 0.137 e. The lowest BCUT2D eigenvalue weighted by atomic mass is 9.99. The molecule has 2 aromatic rings. The normalized spacial score (nSPS) is 12.3. The first-order valence-corrected chi connectivity index (χ1v) is 7.15. The molecule has 0 aromatic heterocycles. The van der Waals surface area contributed by atoms with Gasteiger partial charge < -0.3 is 10.5 Å². The van der Waals surface area contributed by atoms with Gasteiger partial charge >= 0.3 is 0 Å². The van der Waals surface area contributed by atoms with E-state index in [4.69, 9.17) is 10.5 Å². The van der Waals surface area contributed by atoms with E-state index in [1.54, 1.807) is 19.2 Å². The molecule has 100 valence electrons. The Bertz CT molecular complexity index is 604. The predicted octanol–water partition coefficient (Wildman–Crippen LogP) is 4.41. The number of halogens is 3. The smallest absolute Gasteiger partial charge is 0.137 e. The summed E-state index contributed by atoms with van der Waals surface area (Å²) in [4.78, 5) is 0. The SMILES string of the molecule is COc1cc(Br)ccc1C(N)c1ccc(F)c(Br)c1. The molecule has 2 N–H and O–H groups in total. The fourth-order valence-electron chi connectivity index (χ4n) is 1.83. The van der Waals surface area contributed by atoms with E-state index in [9.17, 15) is 4.39 Å². The van der Waals surface area contributed by atoms with E-state index in [1.165, 1.54) is 6.07 Å². The van der Waals surface area contributed by atoms with Crippen LogP contribution < -0.4 is 10.5 Å². The van der Waals surface area contributed by atoms with Gasteiger partial charge in [0.1, 0.15) is 11.6 Å². The average Bonchev–Trinajstić information content (AvgIpc) is 2.41.